The minimum atomic E-state index is -0.720. The second-order valence-corrected chi connectivity index (χ2v) is 4.95. The number of halogens is 1. The number of rotatable bonds is 7. The molecule has 0 aliphatic carbocycles. The Morgan fingerprint density at radius 1 is 1.08 bits per heavy atom. The third kappa shape index (κ3) is 4.91. The van der Waals surface area contributed by atoms with Crippen LogP contribution < -0.4 is 9.47 Å². The summed E-state index contributed by atoms with van der Waals surface area (Å²) in [5.74, 6) is -0.843. The van der Waals surface area contributed by atoms with Crippen molar-refractivity contribution in [1.82, 2.24) is 0 Å². The van der Waals surface area contributed by atoms with Crippen LogP contribution in [0.4, 0.5) is 4.39 Å². The molecule has 6 heteroatoms. The third-order valence-corrected chi connectivity index (χ3v) is 3.36. The molecule has 0 spiro atoms. The van der Waals surface area contributed by atoms with Crippen molar-refractivity contribution in [3.8, 4) is 11.5 Å². The van der Waals surface area contributed by atoms with Crippen LogP contribution in [0.3, 0.4) is 0 Å². The van der Waals surface area contributed by atoms with Gasteiger partial charge in [-0.05, 0) is 30.3 Å². The summed E-state index contributed by atoms with van der Waals surface area (Å²) in [4.78, 5) is 23.6. The zero-order chi connectivity index (χ0) is 18.2. The fourth-order valence-corrected chi connectivity index (χ4v) is 2.06. The zero-order valence-corrected chi connectivity index (χ0v) is 13.8. The van der Waals surface area contributed by atoms with Gasteiger partial charge >= 0.3 is 5.97 Å². The van der Waals surface area contributed by atoms with Gasteiger partial charge in [-0.3, -0.25) is 4.79 Å². The largest absolute Gasteiger partial charge is 0.497 e. The van der Waals surface area contributed by atoms with Crippen LogP contribution in [0.1, 0.15) is 15.9 Å². The Morgan fingerprint density at radius 2 is 1.84 bits per heavy atom. The number of Topliss-reactive ketones (excluding diaryl/α,β-unsaturated/α-hetero) is 1. The molecule has 0 unspecified atom stereocenters. The molecule has 0 N–H and O–H groups in total. The lowest BCUT2D eigenvalue weighted by atomic mass is 10.1. The molecule has 0 atom stereocenters. The van der Waals surface area contributed by atoms with Gasteiger partial charge < -0.3 is 14.2 Å². The summed E-state index contributed by atoms with van der Waals surface area (Å²) in [5.41, 5.74) is 0.525. The molecular formula is C19H17FO5. The number of benzene rings is 2. The Balaban J connectivity index is 1.97. The number of methoxy groups -OCH3 is 2. The van der Waals surface area contributed by atoms with Crippen molar-refractivity contribution in [2.45, 2.75) is 0 Å². The predicted octanol–water partition coefficient (Wildman–Crippen LogP) is 3.28. The van der Waals surface area contributed by atoms with Crippen LogP contribution in [0.15, 0.2) is 48.5 Å². The van der Waals surface area contributed by atoms with E-state index in [0.717, 1.165) is 0 Å². The van der Waals surface area contributed by atoms with Crippen LogP contribution in [0.25, 0.3) is 6.08 Å². The monoisotopic (exact) mass is 344 g/mol. The normalized spacial score (nSPS) is 10.5. The van der Waals surface area contributed by atoms with Gasteiger partial charge in [0.2, 0.25) is 5.78 Å². The first-order valence-electron chi connectivity index (χ1n) is 7.39. The molecule has 2 rings (SSSR count). The number of ketones is 1. The van der Waals surface area contributed by atoms with Gasteiger partial charge in [-0.2, -0.15) is 0 Å². The summed E-state index contributed by atoms with van der Waals surface area (Å²) in [6.45, 7) is -0.538. The van der Waals surface area contributed by atoms with Crippen molar-refractivity contribution in [2.24, 2.45) is 0 Å². The van der Waals surface area contributed by atoms with Crippen LogP contribution in [0.5, 0.6) is 11.5 Å². The molecule has 0 amide bonds. The topological polar surface area (TPSA) is 61.8 Å². The summed E-state index contributed by atoms with van der Waals surface area (Å²) in [5, 5.41) is 0. The highest BCUT2D eigenvalue weighted by atomic mass is 19.1. The van der Waals surface area contributed by atoms with E-state index in [4.69, 9.17) is 14.2 Å². The van der Waals surface area contributed by atoms with E-state index in [-0.39, 0.29) is 5.56 Å². The molecule has 5 nitrogen and oxygen atoms in total. The number of ether oxygens (including phenoxy) is 3. The molecule has 0 aliphatic heterocycles. The van der Waals surface area contributed by atoms with E-state index in [0.29, 0.717) is 17.1 Å². The highest BCUT2D eigenvalue weighted by Gasteiger charge is 2.12. The number of carbonyl (C=O) groups excluding carboxylic acids is 2. The van der Waals surface area contributed by atoms with Crippen molar-refractivity contribution in [2.75, 3.05) is 20.8 Å². The predicted molar refractivity (Wildman–Crippen MR) is 90.3 cm³/mol. The quantitative estimate of drug-likeness (QED) is 0.438. The second-order valence-electron chi connectivity index (χ2n) is 4.95. The Hall–Kier alpha value is -3.15. The van der Waals surface area contributed by atoms with Crippen molar-refractivity contribution in [3.05, 3.63) is 65.5 Å². The van der Waals surface area contributed by atoms with Gasteiger partial charge in [-0.25, -0.2) is 9.18 Å². The van der Waals surface area contributed by atoms with Crippen molar-refractivity contribution in [3.63, 3.8) is 0 Å². The van der Waals surface area contributed by atoms with Gasteiger partial charge in [0.25, 0.3) is 0 Å². The number of hydrogen-bond donors (Lipinski definition) is 0. The van der Waals surface area contributed by atoms with Gasteiger partial charge in [0, 0.05) is 17.7 Å². The minimum absolute atomic E-state index is 0.115. The van der Waals surface area contributed by atoms with Gasteiger partial charge in [0.15, 0.2) is 6.61 Å². The van der Waals surface area contributed by atoms with Crippen molar-refractivity contribution in [1.29, 1.82) is 0 Å². The molecule has 0 heterocycles. The molecule has 25 heavy (non-hydrogen) atoms. The summed E-state index contributed by atoms with van der Waals surface area (Å²) < 4.78 is 28.6. The van der Waals surface area contributed by atoms with E-state index in [1.54, 1.807) is 18.2 Å². The third-order valence-electron chi connectivity index (χ3n) is 3.36. The molecule has 0 saturated carbocycles. The molecule has 0 aromatic heterocycles. The molecule has 0 bridgehead atoms. The van der Waals surface area contributed by atoms with E-state index < -0.39 is 24.2 Å². The van der Waals surface area contributed by atoms with E-state index in [1.165, 1.54) is 50.6 Å². The Morgan fingerprint density at radius 3 is 2.52 bits per heavy atom. The fraction of sp³-hybridized carbons (Fsp3) is 0.158. The molecule has 0 saturated heterocycles. The SMILES string of the molecule is COc1ccc(C=CC(=O)OCC(=O)c2ccccc2F)c(OC)c1. The molecule has 0 aliphatic rings. The maximum atomic E-state index is 13.5. The minimum Gasteiger partial charge on any atom is -0.497 e. The molecular weight excluding hydrogens is 327 g/mol. The second kappa shape index (κ2) is 8.63. The highest BCUT2D eigenvalue weighted by molar-refractivity contribution is 5.99. The number of esters is 1. The smallest absolute Gasteiger partial charge is 0.331 e. The van der Waals surface area contributed by atoms with Crippen LogP contribution in [-0.4, -0.2) is 32.6 Å². The van der Waals surface area contributed by atoms with Gasteiger partial charge in [0.1, 0.15) is 17.3 Å². The summed E-state index contributed by atoms with van der Waals surface area (Å²) >= 11 is 0. The summed E-state index contributed by atoms with van der Waals surface area (Å²) in [7, 11) is 3.03. The van der Waals surface area contributed by atoms with E-state index in [9.17, 15) is 14.0 Å². The van der Waals surface area contributed by atoms with Crippen LogP contribution in [-0.2, 0) is 9.53 Å². The summed E-state index contributed by atoms with van der Waals surface area (Å²) in [6, 6.07) is 10.6. The maximum Gasteiger partial charge on any atom is 0.331 e. The summed E-state index contributed by atoms with van der Waals surface area (Å²) in [6.07, 6.45) is 2.66. The maximum absolute atomic E-state index is 13.5. The van der Waals surface area contributed by atoms with Crippen LogP contribution in [0, 0.1) is 5.82 Å². The van der Waals surface area contributed by atoms with Crippen molar-refractivity contribution < 1.29 is 28.2 Å². The number of hydrogen-bond acceptors (Lipinski definition) is 5. The van der Waals surface area contributed by atoms with E-state index >= 15 is 0 Å². The lowest BCUT2D eigenvalue weighted by Crippen LogP contribution is -2.13. The standard InChI is InChI=1S/C19H17FO5/c1-23-14-9-7-13(18(11-14)24-2)8-10-19(22)25-12-17(21)15-5-3-4-6-16(15)20/h3-11H,12H2,1-2H3. The van der Waals surface area contributed by atoms with Crippen molar-refractivity contribution >= 4 is 17.8 Å². The average Bonchev–Trinajstić information content (AvgIpc) is 2.64. The highest BCUT2D eigenvalue weighted by Crippen LogP contribution is 2.25. The van der Waals surface area contributed by atoms with Gasteiger partial charge in [-0.1, -0.05) is 12.1 Å². The lowest BCUT2D eigenvalue weighted by molar-refractivity contribution is -0.136. The first kappa shape index (κ1) is 18.2. The first-order valence-corrected chi connectivity index (χ1v) is 7.39. The van der Waals surface area contributed by atoms with Crippen LogP contribution in [0.2, 0.25) is 0 Å². The van der Waals surface area contributed by atoms with Gasteiger partial charge in [0.05, 0.1) is 19.8 Å². The number of carbonyl (C=O) groups is 2. The molecule has 2 aromatic rings. The molecule has 0 fully saturated rings. The molecule has 130 valence electrons. The Kier molecular flexibility index (Phi) is 6.28. The van der Waals surface area contributed by atoms with Gasteiger partial charge in [-0.15, -0.1) is 0 Å². The molecule has 0 radical (unpaired) electrons. The van der Waals surface area contributed by atoms with Crippen LogP contribution >= 0.6 is 0 Å². The van der Waals surface area contributed by atoms with E-state index in [1.807, 2.05) is 0 Å². The average molecular weight is 344 g/mol. The van der Waals surface area contributed by atoms with E-state index in [2.05, 4.69) is 0 Å². The molecule has 2 aromatic carbocycles. The Bertz CT molecular complexity index is 798. The lowest BCUT2D eigenvalue weighted by Gasteiger charge is -2.07. The first-order chi connectivity index (χ1) is 12.0. The zero-order valence-electron chi connectivity index (χ0n) is 13.8. The Labute approximate surface area is 144 Å². The fourth-order valence-electron chi connectivity index (χ4n) is 2.06.